The quantitative estimate of drug-likeness (QED) is 0.844. The highest BCUT2D eigenvalue weighted by Gasteiger charge is 2.18. The fourth-order valence-corrected chi connectivity index (χ4v) is 2.72. The second kappa shape index (κ2) is 6.64. The van der Waals surface area contributed by atoms with Crippen molar-refractivity contribution < 1.29 is 4.79 Å². The van der Waals surface area contributed by atoms with Crippen molar-refractivity contribution in [3.05, 3.63) is 23.8 Å². The second-order valence-electron chi connectivity index (χ2n) is 5.73. The number of rotatable bonds is 2. The highest BCUT2D eigenvalue weighted by atomic mass is 16.2. The minimum atomic E-state index is 0.0436. The SMILES string of the molecule is CN(C)C(=O)c1ccc(N)cc1N1CCCCCCC1. The molecule has 0 aliphatic carbocycles. The predicted molar refractivity (Wildman–Crippen MR) is 84.2 cm³/mol. The number of hydrogen-bond donors (Lipinski definition) is 1. The molecule has 1 aliphatic rings. The zero-order valence-corrected chi connectivity index (χ0v) is 12.6. The number of anilines is 2. The van der Waals surface area contributed by atoms with Crippen molar-refractivity contribution in [2.45, 2.75) is 32.1 Å². The Balaban J connectivity index is 2.32. The van der Waals surface area contributed by atoms with Gasteiger partial charge in [-0.1, -0.05) is 19.3 Å². The van der Waals surface area contributed by atoms with E-state index in [9.17, 15) is 4.79 Å². The van der Waals surface area contributed by atoms with Gasteiger partial charge < -0.3 is 15.5 Å². The molecule has 4 nitrogen and oxygen atoms in total. The average molecular weight is 275 g/mol. The summed E-state index contributed by atoms with van der Waals surface area (Å²) in [5, 5.41) is 0. The maximum Gasteiger partial charge on any atom is 0.255 e. The van der Waals surface area contributed by atoms with Crippen LogP contribution in [0.5, 0.6) is 0 Å². The van der Waals surface area contributed by atoms with Crippen LogP contribution in [0.25, 0.3) is 0 Å². The summed E-state index contributed by atoms with van der Waals surface area (Å²) in [7, 11) is 3.58. The van der Waals surface area contributed by atoms with Gasteiger partial charge in [-0.05, 0) is 31.0 Å². The summed E-state index contributed by atoms with van der Waals surface area (Å²) in [5.41, 5.74) is 8.39. The Morgan fingerprint density at radius 3 is 2.30 bits per heavy atom. The first kappa shape index (κ1) is 14.7. The van der Waals surface area contributed by atoms with E-state index in [4.69, 9.17) is 5.73 Å². The Morgan fingerprint density at radius 1 is 1.10 bits per heavy atom. The molecule has 4 heteroatoms. The number of amides is 1. The average Bonchev–Trinajstić information content (AvgIpc) is 2.37. The predicted octanol–water partition coefficient (Wildman–Crippen LogP) is 2.74. The molecule has 0 aromatic heterocycles. The van der Waals surface area contributed by atoms with Gasteiger partial charge in [-0.25, -0.2) is 0 Å². The number of carbonyl (C=O) groups is 1. The van der Waals surface area contributed by atoms with Crippen LogP contribution in [-0.4, -0.2) is 38.0 Å². The highest BCUT2D eigenvalue weighted by molar-refractivity contribution is 6.00. The van der Waals surface area contributed by atoms with Gasteiger partial charge in [0.05, 0.1) is 11.3 Å². The number of nitrogen functional groups attached to an aromatic ring is 1. The molecule has 20 heavy (non-hydrogen) atoms. The number of benzene rings is 1. The van der Waals surface area contributed by atoms with E-state index in [1.54, 1.807) is 19.0 Å². The van der Waals surface area contributed by atoms with Crippen LogP contribution in [0, 0.1) is 0 Å². The van der Waals surface area contributed by atoms with Gasteiger partial charge in [0.1, 0.15) is 0 Å². The molecule has 2 rings (SSSR count). The first-order chi connectivity index (χ1) is 9.59. The molecule has 0 saturated carbocycles. The third-order valence-corrected chi connectivity index (χ3v) is 3.86. The topological polar surface area (TPSA) is 49.6 Å². The molecule has 1 saturated heterocycles. The van der Waals surface area contributed by atoms with Crippen molar-refractivity contribution in [1.29, 1.82) is 0 Å². The van der Waals surface area contributed by atoms with Gasteiger partial charge in [-0.15, -0.1) is 0 Å². The fourth-order valence-electron chi connectivity index (χ4n) is 2.72. The Kier molecular flexibility index (Phi) is 4.88. The van der Waals surface area contributed by atoms with Gasteiger partial charge in [0.25, 0.3) is 5.91 Å². The molecule has 0 spiro atoms. The van der Waals surface area contributed by atoms with Crippen molar-refractivity contribution in [1.82, 2.24) is 4.90 Å². The molecule has 1 aromatic carbocycles. The van der Waals surface area contributed by atoms with Crippen LogP contribution in [0.1, 0.15) is 42.5 Å². The summed E-state index contributed by atoms with van der Waals surface area (Å²) in [5.74, 6) is 0.0436. The van der Waals surface area contributed by atoms with Crippen LogP contribution < -0.4 is 10.6 Å². The first-order valence-electron chi connectivity index (χ1n) is 7.45. The van der Waals surface area contributed by atoms with E-state index >= 15 is 0 Å². The molecule has 1 fully saturated rings. The molecule has 0 bridgehead atoms. The lowest BCUT2D eigenvalue weighted by molar-refractivity contribution is 0.0828. The standard InChI is InChI=1S/C16H25N3O/c1-18(2)16(20)14-9-8-13(17)12-15(14)19-10-6-4-3-5-7-11-19/h8-9,12H,3-7,10-11,17H2,1-2H3. The van der Waals surface area contributed by atoms with E-state index < -0.39 is 0 Å². The van der Waals surface area contributed by atoms with Gasteiger partial charge in [0.2, 0.25) is 0 Å². The van der Waals surface area contributed by atoms with E-state index in [1.807, 2.05) is 18.2 Å². The van der Waals surface area contributed by atoms with E-state index in [1.165, 1.54) is 32.1 Å². The summed E-state index contributed by atoms with van der Waals surface area (Å²) in [6, 6.07) is 5.61. The van der Waals surface area contributed by atoms with Crippen LogP contribution in [0.3, 0.4) is 0 Å². The fraction of sp³-hybridized carbons (Fsp3) is 0.562. The van der Waals surface area contributed by atoms with Gasteiger partial charge in [0, 0.05) is 32.9 Å². The molecule has 0 radical (unpaired) electrons. The minimum absolute atomic E-state index is 0.0436. The lowest BCUT2D eigenvalue weighted by atomic mass is 10.0. The van der Waals surface area contributed by atoms with Crippen LogP contribution >= 0.6 is 0 Å². The number of nitrogens with two attached hydrogens (primary N) is 1. The minimum Gasteiger partial charge on any atom is -0.399 e. The Hall–Kier alpha value is -1.71. The summed E-state index contributed by atoms with van der Waals surface area (Å²) < 4.78 is 0. The normalized spacial score (nSPS) is 16.4. The maximum atomic E-state index is 12.3. The van der Waals surface area contributed by atoms with E-state index in [0.29, 0.717) is 0 Å². The van der Waals surface area contributed by atoms with E-state index in [2.05, 4.69) is 4.90 Å². The molecule has 110 valence electrons. The van der Waals surface area contributed by atoms with Crippen molar-refractivity contribution in [2.24, 2.45) is 0 Å². The van der Waals surface area contributed by atoms with Gasteiger partial charge >= 0.3 is 0 Å². The molecule has 1 aromatic rings. The van der Waals surface area contributed by atoms with Crippen LogP contribution in [-0.2, 0) is 0 Å². The first-order valence-corrected chi connectivity index (χ1v) is 7.45. The second-order valence-corrected chi connectivity index (χ2v) is 5.73. The van der Waals surface area contributed by atoms with Crippen LogP contribution in [0.4, 0.5) is 11.4 Å². The maximum absolute atomic E-state index is 12.3. The summed E-state index contributed by atoms with van der Waals surface area (Å²) in [4.78, 5) is 16.3. The number of hydrogen-bond acceptors (Lipinski definition) is 3. The summed E-state index contributed by atoms with van der Waals surface area (Å²) in [6.07, 6.45) is 6.24. The summed E-state index contributed by atoms with van der Waals surface area (Å²) >= 11 is 0. The summed E-state index contributed by atoms with van der Waals surface area (Å²) in [6.45, 7) is 2.02. The smallest absolute Gasteiger partial charge is 0.255 e. The molecule has 2 N–H and O–H groups in total. The van der Waals surface area contributed by atoms with E-state index in [-0.39, 0.29) is 5.91 Å². The van der Waals surface area contributed by atoms with Crippen molar-refractivity contribution in [3.8, 4) is 0 Å². The van der Waals surface area contributed by atoms with Gasteiger partial charge in [-0.3, -0.25) is 4.79 Å². The molecular weight excluding hydrogens is 250 g/mol. The Bertz CT molecular complexity index is 463. The third-order valence-electron chi connectivity index (χ3n) is 3.86. The lowest BCUT2D eigenvalue weighted by Gasteiger charge is -2.29. The molecule has 1 heterocycles. The van der Waals surface area contributed by atoms with Crippen molar-refractivity contribution in [3.63, 3.8) is 0 Å². The van der Waals surface area contributed by atoms with Crippen molar-refractivity contribution >= 4 is 17.3 Å². The molecule has 0 unspecified atom stereocenters. The van der Waals surface area contributed by atoms with Crippen LogP contribution in [0.15, 0.2) is 18.2 Å². The molecule has 1 amide bonds. The van der Waals surface area contributed by atoms with Gasteiger partial charge in [0.15, 0.2) is 0 Å². The Labute approximate surface area is 121 Å². The molecule has 0 atom stereocenters. The Morgan fingerprint density at radius 2 is 1.70 bits per heavy atom. The third kappa shape index (κ3) is 3.44. The lowest BCUT2D eigenvalue weighted by Crippen LogP contribution is -2.31. The number of carbonyl (C=O) groups excluding carboxylic acids is 1. The zero-order chi connectivity index (χ0) is 14.5. The van der Waals surface area contributed by atoms with Crippen LogP contribution in [0.2, 0.25) is 0 Å². The zero-order valence-electron chi connectivity index (χ0n) is 12.6. The van der Waals surface area contributed by atoms with E-state index in [0.717, 1.165) is 30.0 Å². The number of nitrogens with zero attached hydrogens (tertiary/aromatic N) is 2. The largest absolute Gasteiger partial charge is 0.399 e. The molecular formula is C16H25N3O. The van der Waals surface area contributed by atoms with Gasteiger partial charge in [-0.2, -0.15) is 0 Å². The highest BCUT2D eigenvalue weighted by Crippen LogP contribution is 2.26. The molecule has 1 aliphatic heterocycles. The monoisotopic (exact) mass is 275 g/mol. The van der Waals surface area contributed by atoms with Crippen molar-refractivity contribution in [2.75, 3.05) is 37.8 Å².